The number of ketones is 2. The zero-order valence-corrected chi connectivity index (χ0v) is 9.18. The molecule has 1 amide bonds. The Morgan fingerprint density at radius 2 is 1.94 bits per heavy atom. The summed E-state index contributed by atoms with van der Waals surface area (Å²) in [6.45, 7) is 0.0340. The van der Waals surface area contributed by atoms with E-state index in [-0.39, 0.29) is 18.2 Å². The first-order chi connectivity index (χ1) is 8.18. The van der Waals surface area contributed by atoms with Crippen molar-refractivity contribution >= 4 is 23.2 Å². The van der Waals surface area contributed by atoms with Crippen molar-refractivity contribution in [3.63, 3.8) is 0 Å². The second kappa shape index (κ2) is 3.52. The van der Waals surface area contributed by atoms with Gasteiger partial charge in [0.25, 0.3) is 11.7 Å². The average Bonchev–Trinajstić information content (AvgIpc) is 3.15. The molecule has 4 heteroatoms. The van der Waals surface area contributed by atoms with Gasteiger partial charge >= 0.3 is 0 Å². The van der Waals surface area contributed by atoms with Crippen molar-refractivity contribution in [3.05, 3.63) is 29.8 Å². The number of anilines is 1. The van der Waals surface area contributed by atoms with Gasteiger partial charge in [0.1, 0.15) is 0 Å². The van der Waals surface area contributed by atoms with E-state index in [1.54, 1.807) is 24.3 Å². The summed E-state index contributed by atoms with van der Waals surface area (Å²) in [5.74, 6) is -0.932. The normalized spacial score (nSPS) is 18.5. The van der Waals surface area contributed by atoms with Crippen LogP contribution in [0.4, 0.5) is 5.69 Å². The summed E-state index contributed by atoms with van der Waals surface area (Å²) in [4.78, 5) is 36.5. The van der Waals surface area contributed by atoms with Crippen molar-refractivity contribution in [1.29, 1.82) is 0 Å². The van der Waals surface area contributed by atoms with Gasteiger partial charge in [0, 0.05) is 5.92 Å². The molecule has 2 aliphatic rings. The van der Waals surface area contributed by atoms with Gasteiger partial charge in [0.15, 0.2) is 5.78 Å². The van der Waals surface area contributed by atoms with Gasteiger partial charge in [-0.3, -0.25) is 19.3 Å². The Labute approximate surface area is 98.2 Å². The number of Topliss-reactive ketones (excluding diaryl/α,β-unsaturated/α-hetero) is 2. The zero-order chi connectivity index (χ0) is 12.0. The number of hydrogen-bond donors (Lipinski definition) is 0. The summed E-state index contributed by atoms with van der Waals surface area (Å²) >= 11 is 0. The van der Waals surface area contributed by atoms with Crippen molar-refractivity contribution < 1.29 is 14.4 Å². The van der Waals surface area contributed by atoms with Gasteiger partial charge in [-0.15, -0.1) is 0 Å². The molecule has 4 nitrogen and oxygen atoms in total. The molecule has 1 saturated carbocycles. The lowest BCUT2D eigenvalue weighted by molar-refractivity contribution is -0.121. The summed E-state index contributed by atoms with van der Waals surface area (Å²) in [7, 11) is 0. The number of carbonyl (C=O) groups is 3. The number of hydrogen-bond acceptors (Lipinski definition) is 3. The molecule has 1 fully saturated rings. The highest BCUT2D eigenvalue weighted by Crippen LogP contribution is 2.33. The van der Waals surface area contributed by atoms with Gasteiger partial charge in [-0.1, -0.05) is 12.1 Å². The van der Waals surface area contributed by atoms with E-state index in [0.29, 0.717) is 11.3 Å². The quantitative estimate of drug-likeness (QED) is 0.732. The molecule has 0 radical (unpaired) electrons. The largest absolute Gasteiger partial charge is 0.299 e. The molecule has 0 spiro atoms. The molecule has 3 rings (SSSR count). The molecule has 1 aromatic rings. The van der Waals surface area contributed by atoms with Crippen molar-refractivity contribution in [3.8, 4) is 0 Å². The van der Waals surface area contributed by atoms with Crippen molar-refractivity contribution in [2.45, 2.75) is 12.8 Å². The Balaban J connectivity index is 1.92. The Morgan fingerprint density at radius 3 is 2.65 bits per heavy atom. The van der Waals surface area contributed by atoms with Gasteiger partial charge in [-0.05, 0) is 25.0 Å². The molecule has 0 atom stereocenters. The van der Waals surface area contributed by atoms with Crippen LogP contribution < -0.4 is 4.90 Å². The lowest BCUT2D eigenvalue weighted by Gasteiger charge is -2.14. The third kappa shape index (κ3) is 1.56. The molecule has 0 aromatic heterocycles. The lowest BCUT2D eigenvalue weighted by Crippen LogP contribution is -2.35. The van der Waals surface area contributed by atoms with E-state index in [1.807, 2.05) is 0 Å². The van der Waals surface area contributed by atoms with E-state index in [2.05, 4.69) is 0 Å². The lowest BCUT2D eigenvalue weighted by atomic mass is 10.1. The van der Waals surface area contributed by atoms with Crippen LogP contribution in [0.15, 0.2) is 24.3 Å². The number of amides is 1. The van der Waals surface area contributed by atoms with Crippen LogP contribution in [0.3, 0.4) is 0 Å². The monoisotopic (exact) mass is 229 g/mol. The van der Waals surface area contributed by atoms with Gasteiger partial charge in [-0.2, -0.15) is 0 Å². The van der Waals surface area contributed by atoms with Crippen LogP contribution >= 0.6 is 0 Å². The highest BCUT2D eigenvalue weighted by molar-refractivity contribution is 6.52. The number of benzene rings is 1. The molecular formula is C13H11NO3. The highest BCUT2D eigenvalue weighted by Gasteiger charge is 2.39. The minimum atomic E-state index is -0.583. The van der Waals surface area contributed by atoms with Crippen molar-refractivity contribution in [2.75, 3.05) is 11.4 Å². The molecule has 1 aliphatic carbocycles. The maximum absolute atomic E-state index is 11.8. The summed E-state index contributed by atoms with van der Waals surface area (Å²) in [6, 6.07) is 6.81. The SMILES string of the molecule is O=C1C(=O)N(CC(=O)C2CC2)c2ccccc21. The predicted octanol–water partition coefficient (Wildman–Crippen LogP) is 1.20. The molecular weight excluding hydrogens is 218 g/mol. The van der Waals surface area contributed by atoms with E-state index >= 15 is 0 Å². The van der Waals surface area contributed by atoms with Gasteiger partial charge in [0.2, 0.25) is 0 Å². The second-order valence-electron chi connectivity index (χ2n) is 4.48. The van der Waals surface area contributed by atoms with Crippen LogP contribution in [0.2, 0.25) is 0 Å². The van der Waals surface area contributed by atoms with E-state index in [1.165, 1.54) is 4.90 Å². The van der Waals surface area contributed by atoms with Crippen molar-refractivity contribution in [1.82, 2.24) is 0 Å². The molecule has 0 saturated heterocycles. The molecule has 86 valence electrons. The number of rotatable bonds is 3. The first-order valence-electron chi connectivity index (χ1n) is 5.66. The summed E-state index contributed by atoms with van der Waals surface area (Å²) in [5, 5.41) is 0. The minimum absolute atomic E-state index is 0.0340. The van der Waals surface area contributed by atoms with E-state index in [4.69, 9.17) is 0 Å². The molecule has 1 heterocycles. The average molecular weight is 229 g/mol. The molecule has 0 unspecified atom stereocenters. The second-order valence-corrected chi connectivity index (χ2v) is 4.48. The third-order valence-electron chi connectivity index (χ3n) is 3.23. The molecule has 1 aromatic carbocycles. The highest BCUT2D eigenvalue weighted by atomic mass is 16.2. The molecule has 0 bridgehead atoms. The minimum Gasteiger partial charge on any atom is -0.297 e. The molecule has 1 aliphatic heterocycles. The fourth-order valence-corrected chi connectivity index (χ4v) is 2.10. The Kier molecular flexibility index (Phi) is 2.11. The number of carbonyl (C=O) groups excluding carboxylic acids is 3. The fourth-order valence-electron chi connectivity index (χ4n) is 2.10. The van der Waals surface area contributed by atoms with Crippen LogP contribution in [0.5, 0.6) is 0 Å². The van der Waals surface area contributed by atoms with Gasteiger partial charge in [0.05, 0.1) is 17.8 Å². The van der Waals surface area contributed by atoms with Crippen LogP contribution in [0.25, 0.3) is 0 Å². The smallest absolute Gasteiger partial charge is 0.297 e. The molecule has 0 N–H and O–H groups in total. The van der Waals surface area contributed by atoms with Crippen LogP contribution in [-0.4, -0.2) is 24.0 Å². The van der Waals surface area contributed by atoms with Gasteiger partial charge < -0.3 is 0 Å². The summed E-state index contributed by atoms with van der Waals surface area (Å²) < 4.78 is 0. The summed E-state index contributed by atoms with van der Waals surface area (Å²) in [6.07, 6.45) is 1.83. The Morgan fingerprint density at radius 1 is 1.24 bits per heavy atom. The first-order valence-corrected chi connectivity index (χ1v) is 5.66. The van der Waals surface area contributed by atoms with Crippen LogP contribution in [-0.2, 0) is 9.59 Å². The topological polar surface area (TPSA) is 54.5 Å². The number of fused-ring (bicyclic) bond motifs is 1. The van der Waals surface area contributed by atoms with Crippen molar-refractivity contribution in [2.24, 2.45) is 5.92 Å². The predicted molar refractivity (Wildman–Crippen MR) is 60.9 cm³/mol. The van der Waals surface area contributed by atoms with Crippen LogP contribution in [0, 0.1) is 5.92 Å². The zero-order valence-electron chi connectivity index (χ0n) is 9.18. The van der Waals surface area contributed by atoms with E-state index < -0.39 is 11.7 Å². The first kappa shape index (κ1) is 10.2. The van der Waals surface area contributed by atoms with E-state index in [0.717, 1.165) is 12.8 Å². The van der Waals surface area contributed by atoms with Gasteiger partial charge in [-0.25, -0.2) is 0 Å². The van der Waals surface area contributed by atoms with Crippen LogP contribution in [0.1, 0.15) is 23.2 Å². The Hall–Kier alpha value is -1.97. The Bertz CT molecular complexity index is 531. The van der Waals surface area contributed by atoms with E-state index in [9.17, 15) is 14.4 Å². The number of nitrogens with zero attached hydrogens (tertiary/aromatic N) is 1. The maximum atomic E-state index is 11.8. The third-order valence-corrected chi connectivity index (χ3v) is 3.23. The number of para-hydroxylation sites is 1. The summed E-state index contributed by atoms with van der Waals surface area (Å²) in [5.41, 5.74) is 0.970. The maximum Gasteiger partial charge on any atom is 0.299 e. The standard InChI is InChI=1S/C13H11NO3/c15-11(8-5-6-8)7-14-10-4-2-1-3-9(10)12(16)13(14)17/h1-4,8H,5-7H2. The molecule has 17 heavy (non-hydrogen) atoms. The fraction of sp³-hybridized carbons (Fsp3) is 0.308.